The molecular weight excluding hydrogens is 219 g/mol. The molecule has 1 heterocycles. The molecule has 17 heavy (non-hydrogen) atoms. The van der Waals surface area contributed by atoms with Gasteiger partial charge in [-0.2, -0.15) is 0 Å². The maximum atomic E-state index is 13.8. The largest absolute Gasteiger partial charge is 0.393 e. The Morgan fingerprint density at radius 3 is 2.76 bits per heavy atom. The molecule has 1 saturated heterocycles. The van der Waals surface area contributed by atoms with Crippen molar-refractivity contribution < 1.29 is 9.50 Å². The summed E-state index contributed by atoms with van der Waals surface area (Å²) in [4.78, 5) is 2.02. The summed E-state index contributed by atoms with van der Waals surface area (Å²) < 4.78 is 13.8. The zero-order chi connectivity index (χ0) is 12.3. The predicted octanol–water partition coefficient (Wildman–Crippen LogP) is 1.51. The van der Waals surface area contributed by atoms with E-state index >= 15 is 0 Å². The number of anilines is 1. The Morgan fingerprint density at radius 1 is 1.41 bits per heavy atom. The molecule has 1 aromatic rings. The fourth-order valence-corrected chi connectivity index (χ4v) is 2.22. The minimum absolute atomic E-state index is 0.179. The first-order valence-electron chi connectivity index (χ1n) is 6.06. The molecule has 1 aliphatic heterocycles. The number of piperidine rings is 1. The maximum absolute atomic E-state index is 13.8. The molecule has 1 fully saturated rings. The van der Waals surface area contributed by atoms with Crippen LogP contribution in [0.4, 0.5) is 10.1 Å². The molecule has 94 valence electrons. The van der Waals surface area contributed by atoms with E-state index < -0.39 is 0 Å². The maximum Gasteiger partial charge on any atom is 0.146 e. The van der Waals surface area contributed by atoms with Crippen molar-refractivity contribution in [2.45, 2.75) is 25.5 Å². The van der Waals surface area contributed by atoms with Crippen LogP contribution in [-0.4, -0.2) is 31.3 Å². The van der Waals surface area contributed by atoms with Gasteiger partial charge in [-0.25, -0.2) is 4.39 Å². The predicted molar refractivity (Wildman–Crippen MR) is 66.6 cm³/mol. The summed E-state index contributed by atoms with van der Waals surface area (Å²) in [6.45, 7) is 2.19. The molecule has 4 heteroatoms. The van der Waals surface area contributed by atoms with Crippen molar-refractivity contribution in [2.75, 3.05) is 25.0 Å². The summed E-state index contributed by atoms with van der Waals surface area (Å²) in [5.74, 6) is -0.179. The topological polar surface area (TPSA) is 35.5 Å². The second-order valence-electron chi connectivity index (χ2n) is 4.53. The Balaban J connectivity index is 2.15. The smallest absolute Gasteiger partial charge is 0.146 e. The van der Waals surface area contributed by atoms with Crippen molar-refractivity contribution >= 4 is 5.69 Å². The Morgan fingerprint density at radius 2 is 2.12 bits per heavy atom. The van der Waals surface area contributed by atoms with E-state index in [1.807, 2.05) is 18.0 Å². The van der Waals surface area contributed by atoms with Gasteiger partial charge < -0.3 is 15.3 Å². The standard InChI is InChI=1S/C13H19FN2O/c1-15-9-10-2-3-12(14)13(8-10)16-6-4-11(17)5-7-16/h2-3,8,11,15,17H,4-7,9H2,1H3. The normalized spacial score (nSPS) is 17.5. The minimum Gasteiger partial charge on any atom is -0.393 e. The molecule has 0 radical (unpaired) electrons. The van der Waals surface area contributed by atoms with E-state index in [2.05, 4.69) is 5.32 Å². The number of nitrogens with one attached hydrogen (secondary N) is 1. The number of hydrogen-bond donors (Lipinski definition) is 2. The van der Waals surface area contributed by atoms with Crippen molar-refractivity contribution in [3.05, 3.63) is 29.6 Å². The Labute approximate surface area is 101 Å². The van der Waals surface area contributed by atoms with Crippen LogP contribution in [0.2, 0.25) is 0 Å². The van der Waals surface area contributed by atoms with Gasteiger partial charge in [-0.15, -0.1) is 0 Å². The van der Waals surface area contributed by atoms with Crippen LogP contribution >= 0.6 is 0 Å². The second kappa shape index (κ2) is 5.47. The number of benzene rings is 1. The number of nitrogens with zero attached hydrogens (tertiary/aromatic N) is 1. The van der Waals surface area contributed by atoms with E-state index in [4.69, 9.17) is 0 Å². The van der Waals surface area contributed by atoms with E-state index in [0.717, 1.165) is 38.0 Å². The molecule has 1 aromatic carbocycles. The highest BCUT2D eigenvalue weighted by molar-refractivity contribution is 5.50. The van der Waals surface area contributed by atoms with Crippen LogP contribution in [0.25, 0.3) is 0 Å². The van der Waals surface area contributed by atoms with Crippen LogP contribution < -0.4 is 10.2 Å². The Hall–Kier alpha value is -1.13. The van der Waals surface area contributed by atoms with Gasteiger partial charge in [0.25, 0.3) is 0 Å². The van der Waals surface area contributed by atoms with Crippen molar-refractivity contribution in [1.29, 1.82) is 0 Å². The molecule has 2 N–H and O–H groups in total. The summed E-state index contributed by atoms with van der Waals surface area (Å²) in [7, 11) is 1.88. The van der Waals surface area contributed by atoms with Crippen LogP contribution in [0, 0.1) is 5.82 Å². The first-order valence-corrected chi connectivity index (χ1v) is 6.06. The summed E-state index contributed by atoms with van der Waals surface area (Å²) in [6, 6.07) is 5.21. The Bertz CT molecular complexity index is 376. The van der Waals surface area contributed by atoms with Gasteiger partial charge in [0.1, 0.15) is 5.82 Å². The lowest BCUT2D eigenvalue weighted by Crippen LogP contribution is -2.36. The second-order valence-corrected chi connectivity index (χ2v) is 4.53. The van der Waals surface area contributed by atoms with E-state index in [1.54, 1.807) is 6.07 Å². The highest BCUT2D eigenvalue weighted by atomic mass is 19.1. The van der Waals surface area contributed by atoms with E-state index in [9.17, 15) is 9.50 Å². The van der Waals surface area contributed by atoms with Gasteiger partial charge in [0.2, 0.25) is 0 Å². The van der Waals surface area contributed by atoms with Crippen molar-refractivity contribution in [2.24, 2.45) is 0 Å². The monoisotopic (exact) mass is 238 g/mol. The first kappa shape index (κ1) is 12.3. The van der Waals surface area contributed by atoms with Gasteiger partial charge in [-0.05, 0) is 37.6 Å². The lowest BCUT2D eigenvalue weighted by Gasteiger charge is -2.32. The molecule has 1 aliphatic rings. The number of aliphatic hydroxyl groups is 1. The number of hydrogen-bond acceptors (Lipinski definition) is 3. The number of halogens is 1. The van der Waals surface area contributed by atoms with E-state index in [-0.39, 0.29) is 11.9 Å². The van der Waals surface area contributed by atoms with Crippen LogP contribution in [0.1, 0.15) is 18.4 Å². The van der Waals surface area contributed by atoms with Crippen LogP contribution in [-0.2, 0) is 6.54 Å². The van der Waals surface area contributed by atoms with Gasteiger partial charge in [0.05, 0.1) is 11.8 Å². The van der Waals surface area contributed by atoms with E-state index in [1.165, 1.54) is 6.07 Å². The van der Waals surface area contributed by atoms with Crippen molar-refractivity contribution in [3.8, 4) is 0 Å². The van der Waals surface area contributed by atoms with E-state index in [0.29, 0.717) is 5.69 Å². The van der Waals surface area contributed by atoms with Crippen LogP contribution in [0.15, 0.2) is 18.2 Å². The summed E-state index contributed by atoms with van der Waals surface area (Å²) in [6.07, 6.45) is 1.21. The molecule has 0 unspecified atom stereocenters. The molecule has 2 rings (SSSR count). The Kier molecular flexibility index (Phi) is 3.97. The molecule has 0 aromatic heterocycles. The highest BCUT2D eigenvalue weighted by Crippen LogP contribution is 2.24. The lowest BCUT2D eigenvalue weighted by atomic mass is 10.1. The molecule has 0 atom stereocenters. The highest BCUT2D eigenvalue weighted by Gasteiger charge is 2.19. The number of aliphatic hydroxyl groups excluding tert-OH is 1. The van der Waals surface area contributed by atoms with Crippen molar-refractivity contribution in [3.63, 3.8) is 0 Å². The van der Waals surface area contributed by atoms with Gasteiger partial charge in [-0.1, -0.05) is 6.07 Å². The third-order valence-electron chi connectivity index (χ3n) is 3.20. The fourth-order valence-electron chi connectivity index (χ4n) is 2.22. The summed E-state index contributed by atoms with van der Waals surface area (Å²) >= 11 is 0. The zero-order valence-corrected chi connectivity index (χ0v) is 10.1. The van der Waals surface area contributed by atoms with Gasteiger partial charge in [0.15, 0.2) is 0 Å². The SMILES string of the molecule is CNCc1ccc(F)c(N2CCC(O)CC2)c1. The van der Waals surface area contributed by atoms with Gasteiger partial charge >= 0.3 is 0 Å². The van der Waals surface area contributed by atoms with Gasteiger partial charge in [-0.3, -0.25) is 0 Å². The molecule has 0 saturated carbocycles. The summed E-state index contributed by atoms with van der Waals surface area (Å²) in [5.41, 5.74) is 1.74. The van der Waals surface area contributed by atoms with Gasteiger partial charge in [0, 0.05) is 19.6 Å². The minimum atomic E-state index is -0.227. The van der Waals surface area contributed by atoms with Crippen LogP contribution in [0.3, 0.4) is 0 Å². The quantitative estimate of drug-likeness (QED) is 0.838. The van der Waals surface area contributed by atoms with Crippen LogP contribution in [0.5, 0.6) is 0 Å². The average molecular weight is 238 g/mol. The first-order chi connectivity index (χ1) is 8.20. The third-order valence-corrected chi connectivity index (χ3v) is 3.20. The molecule has 0 spiro atoms. The molecule has 3 nitrogen and oxygen atoms in total. The average Bonchev–Trinajstić information content (AvgIpc) is 2.33. The number of rotatable bonds is 3. The fraction of sp³-hybridized carbons (Fsp3) is 0.538. The lowest BCUT2D eigenvalue weighted by molar-refractivity contribution is 0.145. The third kappa shape index (κ3) is 2.96. The summed E-state index contributed by atoms with van der Waals surface area (Å²) in [5, 5.41) is 12.5. The zero-order valence-electron chi connectivity index (χ0n) is 10.1. The van der Waals surface area contributed by atoms with Crippen molar-refractivity contribution in [1.82, 2.24) is 5.32 Å². The molecular formula is C13H19FN2O. The molecule has 0 aliphatic carbocycles. The molecule has 0 amide bonds. The molecule has 0 bridgehead atoms.